The molecule has 3 rings (SSSR count). The molecule has 0 spiro atoms. The molecule has 3 heterocycles. The predicted octanol–water partition coefficient (Wildman–Crippen LogP) is 4.74. The number of rotatable bonds is 14. The number of hydrogen-bond acceptors (Lipinski definition) is 9. The molecule has 1 aliphatic heterocycles. The second-order valence-electron chi connectivity index (χ2n) is 8.99. The highest BCUT2D eigenvalue weighted by atomic mass is 32.2. The van der Waals surface area contributed by atoms with Crippen LogP contribution in [0.4, 0.5) is 11.8 Å². The van der Waals surface area contributed by atoms with Gasteiger partial charge in [0, 0.05) is 44.2 Å². The number of hydrogen-bond donors (Lipinski definition) is 1. The largest absolute Gasteiger partial charge is 0.480 e. The molecule has 0 saturated carbocycles. The molecule has 0 atom stereocenters. The molecule has 188 valence electrons. The Morgan fingerprint density at radius 3 is 2.71 bits per heavy atom. The Kier molecular flexibility index (Phi) is 10.4. The molecule has 1 N–H and O–H groups in total. The highest BCUT2D eigenvalue weighted by Gasteiger charge is 2.29. The first-order chi connectivity index (χ1) is 16.4. The van der Waals surface area contributed by atoms with E-state index in [4.69, 9.17) is 14.7 Å². The van der Waals surface area contributed by atoms with Crippen molar-refractivity contribution in [1.82, 2.24) is 15.0 Å². The number of carbonyl (C=O) groups is 1. The molecule has 1 aliphatic rings. The minimum Gasteiger partial charge on any atom is -0.480 e. The summed E-state index contributed by atoms with van der Waals surface area (Å²) in [5.74, 6) is 0.882. The number of anilines is 2. The molecule has 34 heavy (non-hydrogen) atoms. The first kappa shape index (κ1) is 26.7. The molecule has 0 aliphatic carbocycles. The van der Waals surface area contributed by atoms with E-state index in [-0.39, 0.29) is 0 Å². The van der Waals surface area contributed by atoms with Gasteiger partial charge in [-0.1, -0.05) is 44.4 Å². The van der Waals surface area contributed by atoms with Gasteiger partial charge in [-0.25, -0.2) is 9.97 Å². The number of ether oxygens (including phenoxy) is 1. The fourth-order valence-corrected chi connectivity index (χ4v) is 5.87. The summed E-state index contributed by atoms with van der Waals surface area (Å²) in [6, 6.07) is 1.99. The molecule has 0 amide bonds. The van der Waals surface area contributed by atoms with E-state index in [2.05, 4.69) is 21.7 Å². The number of carboxylic acid groups (broad SMARTS) is 1. The van der Waals surface area contributed by atoms with Gasteiger partial charge in [-0.05, 0) is 26.3 Å². The van der Waals surface area contributed by atoms with Crippen LogP contribution in [0.5, 0.6) is 0 Å². The number of aromatic nitrogens is 3. The van der Waals surface area contributed by atoms with E-state index in [0.29, 0.717) is 13.2 Å². The second kappa shape index (κ2) is 13.3. The van der Waals surface area contributed by atoms with Crippen molar-refractivity contribution in [2.75, 3.05) is 49.2 Å². The lowest BCUT2D eigenvalue weighted by atomic mass is 10.1. The number of carboxylic acids is 1. The fourth-order valence-electron chi connectivity index (χ4n) is 3.64. The van der Waals surface area contributed by atoms with Crippen molar-refractivity contribution >= 4 is 40.8 Å². The number of nitrogens with zero attached hydrogens (tertiary/aromatic N) is 5. The maximum Gasteiger partial charge on any atom is 0.319 e. The van der Waals surface area contributed by atoms with E-state index < -0.39 is 10.7 Å². The molecule has 1 fully saturated rings. The molecular formula is C24H37N5O3S2. The van der Waals surface area contributed by atoms with Gasteiger partial charge in [-0.2, -0.15) is 4.98 Å². The van der Waals surface area contributed by atoms with Crippen LogP contribution in [0.25, 0.3) is 0 Å². The van der Waals surface area contributed by atoms with E-state index in [1.54, 1.807) is 13.8 Å². The summed E-state index contributed by atoms with van der Waals surface area (Å²) >= 11 is 2.82. The lowest BCUT2D eigenvalue weighted by Gasteiger charge is -2.28. The third kappa shape index (κ3) is 8.09. The molecule has 8 nitrogen and oxygen atoms in total. The number of unbranched alkanes of at least 4 members (excludes halogenated alkanes) is 4. The second-order valence-corrected chi connectivity index (χ2v) is 11.7. The van der Waals surface area contributed by atoms with Gasteiger partial charge in [0.1, 0.15) is 10.6 Å². The van der Waals surface area contributed by atoms with Crippen LogP contribution in [0.1, 0.15) is 58.6 Å². The third-order valence-corrected chi connectivity index (χ3v) is 7.98. The summed E-state index contributed by atoms with van der Waals surface area (Å²) in [6.07, 6.45) is 8.76. The van der Waals surface area contributed by atoms with Gasteiger partial charge < -0.3 is 19.6 Å². The Morgan fingerprint density at radius 1 is 1.21 bits per heavy atom. The monoisotopic (exact) mass is 507 g/mol. The molecule has 10 heteroatoms. The zero-order chi connectivity index (χ0) is 24.4. The van der Waals surface area contributed by atoms with Gasteiger partial charge in [0.05, 0.1) is 18.9 Å². The molecule has 0 aromatic carbocycles. The van der Waals surface area contributed by atoms with Crippen LogP contribution in [0.15, 0.2) is 22.0 Å². The molecule has 0 unspecified atom stereocenters. The molecule has 0 radical (unpaired) electrons. The van der Waals surface area contributed by atoms with Crippen molar-refractivity contribution in [3.63, 3.8) is 0 Å². The van der Waals surface area contributed by atoms with Crippen molar-refractivity contribution < 1.29 is 14.6 Å². The van der Waals surface area contributed by atoms with Gasteiger partial charge in [0.25, 0.3) is 0 Å². The lowest BCUT2D eigenvalue weighted by Crippen LogP contribution is -2.37. The smallest absolute Gasteiger partial charge is 0.319 e. The SMILES string of the molecule is CCCCCCCN(CCc1csc(SC(C)(C)C(=O)O)n1)c1ccnc(N2CCOCC2)n1. The highest BCUT2D eigenvalue weighted by molar-refractivity contribution is 8.02. The molecule has 0 bridgehead atoms. The Hall–Kier alpha value is -1.91. The molecule has 2 aromatic heterocycles. The number of aliphatic carboxylic acids is 1. The van der Waals surface area contributed by atoms with Crippen LogP contribution in [-0.2, 0) is 16.0 Å². The summed E-state index contributed by atoms with van der Waals surface area (Å²) in [6.45, 7) is 10.4. The summed E-state index contributed by atoms with van der Waals surface area (Å²) in [5.41, 5.74) is 0.993. The van der Waals surface area contributed by atoms with Crippen molar-refractivity contribution in [3.05, 3.63) is 23.3 Å². The Labute approximate surface area is 211 Å². The van der Waals surface area contributed by atoms with Crippen molar-refractivity contribution in [2.45, 2.75) is 68.4 Å². The average Bonchev–Trinajstić information content (AvgIpc) is 3.28. The van der Waals surface area contributed by atoms with Gasteiger partial charge in [0.15, 0.2) is 4.34 Å². The summed E-state index contributed by atoms with van der Waals surface area (Å²) in [5, 5.41) is 11.4. The first-order valence-corrected chi connectivity index (χ1v) is 13.9. The van der Waals surface area contributed by atoms with Crippen LogP contribution in [0.3, 0.4) is 0 Å². The van der Waals surface area contributed by atoms with Gasteiger partial charge in [-0.15, -0.1) is 11.3 Å². The summed E-state index contributed by atoms with van der Waals surface area (Å²) in [7, 11) is 0. The van der Waals surface area contributed by atoms with Crippen LogP contribution in [0, 0.1) is 0 Å². The minimum absolute atomic E-state index is 0.706. The van der Waals surface area contributed by atoms with Crippen molar-refractivity contribution in [1.29, 1.82) is 0 Å². The maximum atomic E-state index is 11.4. The van der Waals surface area contributed by atoms with E-state index >= 15 is 0 Å². The third-order valence-electron chi connectivity index (χ3n) is 5.80. The van der Waals surface area contributed by atoms with Crippen LogP contribution in [0.2, 0.25) is 0 Å². The molecule has 2 aromatic rings. The maximum absolute atomic E-state index is 11.4. The van der Waals surface area contributed by atoms with E-state index in [0.717, 1.165) is 60.8 Å². The number of thiazole rings is 1. The average molecular weight is 508 g/mol. The van der Waals surface area contributed by atoms with E-state index in [9.17, 15) is 9.90 Å². The van der Waals surface area contributed by atoms with Crippen LogP contribution < -0.4 is 9.80 Å². The molecular weight excluding hydrogens is 470 g/mol. The number of morpholine rings is 1. The zero-order valence-electron chi connectivity index (χ0n) is 20.5. The Bertz CT molecular complexity index is 902. The molecule has 1 saturated heterocycles. The quantitative estimate of drug-likeness (QED) is 0.287. The normalized spacial score (nSPS) is 14.4. The fraction of sp³-hybridized carbons (Fsp3) is 0.667. The van der Waals surface area contributed by atoms with Gasteiger partial charge >= 0.3 is 5.97 Å². The van der Waals surface area contributed by atoms with E-state index in [1.165, 1.54) is 48.8 Å². The number of thioether (sulfide) groups is 1. The van der Waals surface area contributed by atoms with Gasteiger partial charge in [-0.3, -0.25) is 4.79 Å². The van der Waals surface area contributed by atoms with Crippen molar-refractivity contribution in [3.8, 4) is 0 Å². The van der Waals surface area contributed by atoms with Crippen molar-refractivity contribution in [2.24, 2.45) is 0 Å². The highest BCUT2D eigenvalue weighted by Crippen LogP contribution is 2.34. The Balaban J connectivity index is 1.66. The van der Waals surface area contributed by atoms with Crippen LogP contribution in [-0.4, -0.2) is 70.2 Å². The van der Waals surface area contributed by atoms with E-state index in [1.807, 2.05) is 17.6 Å². The summed E-state index contributed by atoms with van der Waals surface area (Å²) < 4.78 is 5.37. The minimum atomic E-state index is -0.892. The Morgan fingerprint density at radius 2 is 1.97 bits per heavy atom. The lowest BCUT2D eigenvalue weighted by molar-refractivity contribution is -0.138. The topological polar surface area (TPSA) is 91.7 Å². The van der Waals surface area contributed by atoms with Gasteiger partial charge in [0.2, 0.25) is 5.95 Å². The standard InChI is InChI=1S/C24H37N5O3S2/c1-4-5-6-7-8-12-28(20-9-11-25-22(27-20)29-14-16-32-17-15-29)13-10-19-18-33-23(26-19)34-24(2,3)21(30)31/h9,11,18H,4-8,10,12-17H2,1-3H3,(H,30,31). The van der Waals surface area contributed by atoms with Crippen LogP contribution >= 0.6 is 23.1 Å². The summed E-state index contributed by atoms with van der Waals surface area (Å²) in [4.78, 5) is 30.1. The zero-order valence-corrected chi connectivity index (χ0v) is 22.2. The predicted molar refractivity (Wildman–Crippen MR) is 139 cm³/mol. The first-order valence-electron chi connectivity index (χ1n) is 12.2.